The molecule has 17 heavy (non-hydrogen) atoms. The number of aryl methyl sites for hydroxylation is 1. The van der Waals surface area contributed by atoms with Gasteiger partial charge in [-0.15, -0.1) is 0 Å². The molecule has 0 saturated carbocycles. The fourth-order valence-electron chi connectivity index (χ4n) is 1.74. The Hall–Kier alpha value is -1.65. The van der Waals surface area contributed by atoms with Crippen LogP contribution < -0.4 is 5.73 Å². The molecule has 0 aliphatic heterocycles. The van der Waals surface area contributed by atoms with Crippen molar-refractivity contribution in [1.82, 2.24) is 9.97 Å². The van der Waals surface area contributed by atoms with Gasteiger partial charge in [0.15, 0.2) is 0 Å². The molecule has 2 unspecified atom stereocenters. The first-order valence-corrected chi connectivity index (χ1v) is 5.65. The van der Waals surface area contributed by atoms with E-state index in [1.54, 1.807) is 6.92 Å². The van der Waals surface area contributed by atoms with E-state index in [4.69, 9.17) is 5.73 Å². The van der Waals surface area contributed by atoms with Crippen molar-refractivity contribution in [2.24, 2.45) is 5.73 Å². The van der Waals surface area contributed by atoms with Crippen molar-refractivity contribution in [3.8, 4) is 11.4 Å². The molecule has 0 aliphatic carbocycles. The molecule has 2 rings (SSSR count). The normalized spacial score (nSPS) is 14.6. The summed E-state index contributed by atoms with van der Waals surface area (Å²) in [6.07, 6.45) is -0.733. The molecular formula is C13H17N3O. The summed E-state index contributed by atoms with van der Waals surface area (Å²) >= 11 is 0. The number of imidazole rings is 1. The van der Waals surface area contributed by atoms with Crippen LogP contribution in [0, 0.1) is 6.92 Å². The van der Waals surface area contributed by atoms with Crippen LogP contribution in [-0.2, 0) is 0 Å². The number of aliphatic hydroxyl groups excluding tert-OH is 1. The van der Waals surface area contributed by atoms with E-state index >= 15 is 0 Å². The van der Waals surface area contributed by atoms with E-state index in [0.717, 1.165) is 17.1 Å². The zero-order chi connectivity index (χ0) is 12.4. The SMILES string of the molecule is Cc1[nH]c(-c2ccccc2)nc1C(O)C(C)N. The number of nitrogens with one attached hydrogen (secondary N) is 1. The Morgan fingerprint density at radius 2 is 1.94 bits per heavy atom. The van der Waals surface area contributed by atoms with Gasteiger partial charge >= 0.3 is 0 Å². The summed E-state index contributed by atoms with van der Waals surface area (Å²) in [4.78, 5) is 7.59. The van der Waals surface area contributed by atoms with E-state index in [1.165, 1.54) is 0 Å². The zero-order valence-corrected chi connectivity index (χ0v) is 10.0. The minimum atomic E-state index is -0.733. The number of nitrogens with two attached hydrogens (primary N) is 1. The van der Waals surface area contributed by atoms with E-state index < -0.39 is 6.10 Å². The van der Waals surface area contributed by atoms with Crippen molar-refractivity contribution in [3.05, 3.63) is 41.7 Å². The Balaban J connectivity index is 2.37. The van der Waals surface area contributed by atoms with Crippen LogP contribution in [0.25, 0.3) is 11.4 Å². The standard InChI is InChI=1S/C13H17N3O/c1-8(14)12(17)11-9(2)15-13(16-11)10-6-4-3-5-7-10/h3-8,12,17H,14H2,1-2H3,(H,15,16). The van der Waals surface area contributed by atoms with E-state index in [1.807, 2.05) is 37.3 Å². The Bertz CT molecular complexity index is 491. The Morgan fingerprint density at radius 1 is 1.29 bits per heavy atom. The molecule has 0 aliphatic rings. The monoisotopic (exact) mass is 231 g/mol. The summed E-state index contributed by atoms with van der Waals surface area (Å²) in [5, 5.41) is 9.93. The van der Waals surface area contributed by atoms with Crippen molar-refractivity contribution >= 4 is 0 Å². The predicted octanol–water partition coefficient (Wildman–Crippen LogP) is 1.77. The summed E-state index contributed by atoms with van der Waals surface area (Å²) in [6.45, 7) is 3.65. The summed E-state index contributed by atoms with van der Waals surface area (Å²) < 4.78 is 0. The van der Waals surface area contributed by atoms with Gasteiger partial charge in [-0.1, -0.05) is 30.3 Å². The third-order valence-electron chi connectivity index (χ3n) is 2.75. The topological polar surface area (TPSA) is 74.9 Å². The number of aromatic amines is 1. The van der Waals surface area contributed by atoms with Crippen LogP contribution in [0.15, 0.2) is 30.3 Å². The lowest BCUT2D eigenvalue weighted by Gasteiger charge is -2.12. The molecule has 90 valence electrons. The number of aromatic nitrogens is 2. The largest absolute Gasteiger partial charge is 0.385 e. The quantitative estimate of drug-likeness (QED) is 0.753. The van der Waals surface area contributed by atoms with Gasteiger partial charge in [0.25, 0.3) is 0 Å². The molecule has 0 spiro atoms. The van der Waals surface area contributed by atoms with Crippen molar-refractivity contribution in [1.29, 1.82) is 0 Å². The third kappa shape index (κ3) is 2.38. The molecule has 4 nitrogen and oxygen atoms in total. The molecule has 0 fully saturated rings. The molecule has 0 bridgehead atoms. The Labute approximate surface area is 101 Å². The third-order valence-corrected chi connectivity index (χ3v) is 2.75. The summed E-state index contributed by atoms with van der Waals surface area (Å²) in [5.74, 6) is 0.762. The molecule has 4 N–H and O–H groups in total. The molecule has 1 aromatic heterocycles. The van der Waals surface area contributed by atoms with E-state index in [-0.39, 0.29) is 6.04 Å². The van der Waals surface area contributed by atoms with Crippen molar-refractivity contribution < 1.29 is 5.11 Å². The highest BCUT2D eigenvalue weighted by Gasteiger charge is 2.19. The average molecular weight is 231 g/mol. The minimum absolute atomic E-state index is 0.333. The van der Waals surface area contributed by atoms with Gasteiger partial charge in [-0.25, -0.2) is 4.98 Å². The maximum atomic E-state index is 9.93. The van der Waals surface area contributed by atoms with Crippen LogP contribution in [0.4, 0.5) is 0 Å². The van der Waals surface area contributed by atoms with Gasteiger partial charge in [-0.2, -0.15) is 0 Å². The van der Waals surface area contributed by atoms with Gasteiger partial charge in [0, 0.05) is 17.3 Å². The highest BCUT2D eigenvalue weighted by Crippen LogP contribution is 2.22. The molecule has 4 heteroatoms. The van der Waals surface area contributed by atoms with Gasteiger partial charge in [-0.05, 0) is 13.8 Å². The van der Waals surface area contributed by atoms with Crippen molar-refractivity contribution in [3.63, 3.8) is 0 Å². The maximum Gasteiger partial charge on any atom is 0.137 e. The minimum Gasteiger partial charge on any atom is -0.385 e. The number of nitrogens with zero attached hydrogens (tertiary/aromatic N) is 1. The second-order valence-corrected chi connectivity index (χ2v) is 4.27. The fourth-order valence-corrected chi connectivity index (χ4v) is 1.74. The molecule has 2 aromatic rings. The van der Waals surface area contributed by atoms with E-state index in [2.05, 4.69) is 9.97 Å². The number of benzene rings is 1. The molecule has 1 heterocycles. The number of hydrogen-bond donors (Lipinski definition) is 3. The number of hydrogen-bond acceptors (Lipinski definition) is 3. The molecular weight excluding hydrogens is 214 g/mol. The Kier molecular flexibility index (Phi) is 3.26. The lowest BCUT2D eigenvalue weighted by Crippen LogP contribution is -2.25. The first-order valence-electron chi connectivity index (χ1n) is 5.65. The summed E-state index contributed by atoms with van der Waals surface area (Å²) in [6, 6.07) is 9.47. The lowest BCUT2D eigenvalue weighted by atomic mass is 10.1. The molecule has 0 radical (unpaired) electrons. The van der Waals surface area contributed by atoms with Gasteiger partial charge in [-0.3, -0.25) is 0 Å². The molecule has 2 atom stereocenters. The van der Waals surface area contributed by atoms with Crippen molar-refractivity contribution in [2.45, 2.75) is 26.0 Å². The second-order valence-electron chi connectivity index (χ2n) is 4.27. The molecule has 0 saturated heterocycles. The second kappa shape index (κ2) is 4.69. The van der Waals surface area contributed by atoms with Gasteiger partial charge in [0.05, 0.1) is 5.69 Å². The van der Waals surface area contributed by atoms with Gasteiger partial charge < -0.3 is 15.8 Å². The van der Waals surface area contributed by atoms with Gasteiger partial charge in [0.1, 0.15) is 11.9 Å². The van der Waals surface area contributed by atoms with Crippen molar-refractivity contribution in [2.75, 3.05) is 0 Å². The molecule has 0 amide bonds. The van der Waals surface area contributed by atoms with E-state index in [9.17, 15) is 5.11 Å². The van der Waals surface area contributed by atoms with Crippen LogP contribution in [0.3, 0.4) is 0 Å². The van der Waals surface area contributed by atoms with Crippen LogP contribution >= 0.6 is 0 Å². The Morgan fingerprint density at radius 3 is 2.53 bits per heavy atom. The first-order chi connectivity index (χ1) is 8.09. The van der Waals surface area contributed by atoms with Crippen LogP contribution in [0.5, 0.6) is 0 Å². The average Bonchev–Trinajstić information content (AvgIpc) is 2.71. The predicted molar refractivity (Wildman–Crippen MR) is 67.4 cm³/mol. The highest BCUT2D eigenvalue weighted by molar-refractivity contribution is 5.55. The lowest BCUT2D eigenvalue weighted by molar-refractivity contribution is 0.148. The highest BCUT2D eigenvalue weighted by atomic mass is 16.3. The van der Waals surface area contributed by atoms with Crippen LogP contribution in [-0.4, -0.2) is 21.1 Å². The number of H-pyrrole nitrogens is 1. The number of aliphatic hydroxyl groups is 1. The summed E-state index contributed by atoms with van der Waals surface area (Å²) in [5.41, 5.74) is 8.16. The number of rotatable bonds is 3. The first kappa shape index (κ1) is 11.8. The molecule has 1 aromatic carbocycles. The van der Waals surface area contributed by atoms with Crippen LogP contribution in [0.2, 0.25) is 0 Å². The smallest absolute Gasteiger partial charge is 0.137 e. The summed E-state index contributed by atoms with van der Waals surface area (Å²) in [7, 11) is 0. The van der Waals surface area contributed by atoms with Crippen LogP contribution in [0.1, 0.15) is 24.4 Å². The van der Waals surface area contributed by atoms with E-state index in [0.29, 0.717) is 5.69 Å². The fraction of sp³-hybridized carbons (Fsp3) is 0.308. The maximum absolute atomic E-state index is 9.93. The zero-order valence-electron chi connectivity index (χ0n) is 10.0. The van der Waals surface area contributed by atoms with Gasteiger partial charge in [0.2, 0.25) is 0 Å².